The van der Waals surface area contributed by atoms with Gasteiger partial charge in [-0.15, -0.1) is 0 Å². The molecule has 0 amide bonds. The minimum atomic E-state index is -3.45. The van der Waals surface area contributed by atoms with E-state index < -0.39 is 21.4 Å². The summed E-state index contributed by atoms with van der Waals surface area (Å²) in [5.41, 5.74) is -0.254. The SMILES string of the molecule is CC1(C(=O)O)CCN(S(=O)(=O)Cc2ccccc2)C1. The van der Waals surface area contributed by atoms with E-state index in [9.17, 15) is 13.2 Å². The van der Waals surface area contributed by atoms with Gasteiger partial charge in [0, 0.05) is 13.1 Å². The Morgan fingerprint density at radius 3 is 2.53 bits per heavy atom. The summed E-state index contributed by atoms with van der Waals surface area (Å²) in [6.07, 6.45) is 0.357. The second-order valence-corrected chi connectivity index (χ2v) is 7.16. The molecule has 1 heterocycles. The Morgan fingerprint density at radius 1 is 1.37 bits per heavy atom. The standard InChI is InChI=1S/C13H17NO4S/c1-13(12(15)16)7-8-14(10-13)19(17,18)9-11-5-3-2-4-6-11/h2-6H,7-10H2,1H3,(H,15,16). The number of sulfonamides is 1. The van der Waals surface area contributed by atoms with Crippen LogP contribution in [-0.2, 0) is 20.6 Å². The fraction of sp³-hybridized carbons (Fsp3) is 0.462. The average molecular weight is 283 g/mol. The minimum absolute atomic E-state index is 0.0531. The van der Waals surface area contributed by atoms with Gasteiger partial charge in [-0.2, -0.15) is 0 Å². The van der Waals surface area contributed by atoms with Gasteiger partial charge in [0.15, 0.2) is 0 Å². The lowest BCUT2D eigenvalue weighted by molar-refractivity contribution is -0.146. The lowest BCUT2D eigenvalue weighted by Crippen LogP contribution is -2.35. The highest BCUT2D eigenvalue weighted by Crippen LogP contribution is 2.32. The Hall–Kier alpha value is -1.40. The highest BCUT2D eigenvalue weighted by Gasteiger charge is 2.44. The van der Waals surface area contributed by atoms with Crippen LogP contribution in [0.1, 0.15) is 18.9 Å². The Bertz CT molecular complexity index is 570. The van der Waals surface area contributed by atoms with Gasteiger partial charge in [-0.3, -0.25) is 4.79 Å². The highest BCUT2D eigenvalue weighted by molar-refractivity contribution is 7.88. The zero-order valence-electron chi connectivity index (χ0n) is 10.7. The first kappa shape index (κ1) is 14.0. The number of carbonyl (C=O) groups is 1. The summed E-state index contributed by atoms with van der Waals surface area (Å²) in [7, 11) is -3.45. The summed E-state index contributed by atoms with van der Waals surface area (Å²) in [4.78, 5) is 11.1. The normalized spacial score (nSPS) is 24.5. The first-order valence-electron chi connectivity index (χ1n) is 6.09. The van der Waals surface area contributed by atoms with E-state index in [1.54, 1.807) is 31.2 Å². The number of aliphatic carboxylic acids is 1. The maximum atomic E-state index is 12.2. The third-order valence-corrected chi connectivity index (χ3v) is 5.34. The van der Waals surface area contributed by atoms with Crippen molar-refractivity contribution in [3.05, 3.63) is 35.9 Å². The zero-order valence-corrected chi connectivity index (χ0v) is 11.6. The monoisotopic (exact) mass is 283 g/mol. The van der Waals surface area contributed by atoms with Crippen molar-refractivity contribution in [1.82, 2.24) is 4.31 Å². The van der Waals surface area contributed by atoms with Gasteiger partial charge in [-0.05, 0) is 18.9 Å². The van der Waals surface area contributed by atoms with Crippen molar-refractivity contribution in [1.29, 1.82) is 0 Å². The highest BCUT2D eigenvalue weighted by atomic mass is 32.2. The van der Waals surface area contributed by atoms with E-state index in [2.05, 4.69) is 0 Å². The van der Waals surface area contributed by atoms with E-state index in [1.165, 1.54) is 4.31 Å². The van der Waals surface area contributed by atoms with Crippen molar-refractivity contribution in [3.8, 4) is 0 Å². The molecule has 1 atom stereocenters. The van der Waals surface area contributed by atoms with Gasteiger partial charge >= 0.3 is 5.97 Å². The summed E-state index contributed by atoms with van der Waals surface area (Å²) in [6, 6.07) is 8.91. The fourth-order valence-corrected chi connectivity index (χ4v) is 3.85. The van der Waals surface area contributed by atoms with Gasteiger partial charge in [0.25, 0.3) is 0 Å². The molecule has 1 aliphatic rings. The summed E-state index contributed by atoms with van der Waals surface area (Å²) < 4.78 is 25.8. The first-order valence-corrected chi connectivity index (χ1v) is 7.70. The molecule has 1 aromatic rings. The lowest BCUT2D eigenvalue weighted by Gasteiger charge is -2.20. The number of rotatable bonds is 4. The molecule has 2 rings (SSSR count). The van der Waals surface area contributed by atoms with Crippen LogP contribution in [0.3, 0.4) is 0 Å². The molecular formula is C13H17NO4S. The van der Waals surface area contributed by atoms with Gasteiger partial charge in [-0.25, -0.2) is 12.7 Å². The van der Waals surface area contributed by atoms with E-state index in [1.807, 2.05) is 6.07 Å². The molecule has 1 saturated heterocycles. The molecule has 1 unspecified atom stereocenters. The van der Waals surface area contributed by atoms with Crippen molar-refractivity contribution >= 4 is 16.0 Å². The van der Waals surface area contributed by atoms with Crippen LogP contribution in [0.15, 0.2) is 30.3 Å². The molecule has 0 radical (unpaired) electrons. The molecule has 1 aromatic carbocycles. The number of benzene rings is 1. The molecule has 5 nitrogen and oxygen atoms in total. The molecule has 1 N–H and O–H groups in total. The van der Waals surface area contributed by atoms with Gasteiger partial charge in [0.1, 0.15) is 0 Å². The molecule has 0 aromatic heterocycles. The van der Waals surface area contributed by atoms with E-state index >= 15 is 0 Å². The van der Waals surface area contributed by atoms with E-state index in [-0.39, 0.29) is 18.8 Å². The Kier molecular flexibility index (Phi) is 3.64. The molecule has 6 heteroatoms. The predicted octanol–water partition coefficient (Wildman–Crippen LogP) is 1.31. The van der Waals surface area contributed by atoms with Crippen molar-refractivity contribution in [2.45, 2.75) is 19.1 Å². The van der Waals surface area contributed by atoms with Crippen LogP contribution in [0.5, 0.6) is 0 Å². The molecular weight excluding hydrogens is 266 g/mol. The van der Waals surface area contributed by atoms with E-state index in [4.69, 9.17) is 5.11 Å². The van der Waals surface area contributed by atoms with Crippen molar-refractivity contribution < 1.29 is 18.3 Å². The van der Waals surface area contributed by atoms with Gasteiger partial charge in [0.05, 0.1) is 11.2 Å². The third-order valence-electron chi connectivity index (χ3n) is 3.54. The van der Waals surface area contributed by atoms with E-state index in [0.717, 1.165) is 0 Å². The molecule has 1 fully saturated rings. The maximum Gasteiger partial charge on any atom is 0.310 e. The fourth-order valence-electron chi connectivity index (χ4n) is 2.21. The summed E-state index contributed by atoms with van der Waals surface area (Å²) in [5, 5.41) is 9.12. The second-order valence-electron chi connectivity index (χ2n) is 5.19. The van der Waals surface area contributed by atoms with Gasteiger partial charge < -0.3 is 5.11 Å². The van der Waals surface area contributed by atoms with Crippen LogP contribution in [0.4, 0.5) is 0 Å². The van der Waals surface area contributed by atoms with Crippen LogP contribution >= 0.6 is 0 Å². The van der Waals surface area contributed by atoms with Crippen LogP contribution < -0.4 is 0 Å². The molecule has 0 aliphatic carbocycles. The average Bonchev–Trinajstić information content (AvgIpc) is 2.75. The Balaban J connectivity index is 2.12. The Labute approximate surface area is 112 Å². The lowest BCUT2D eigenvalue weighted by atomic mass is 9.90. The first-order chi connectivity index (χ1) is 8.83. The van der Waals surface area contributed by atoms with E-state index in [0.29, 0.717) is 12.0 Å². The Morgan fingerprint density at radius 2 is 2.00 bits per heavy atom. The summed E-state index contributed by atoms with van der Waals surface area (Å²) >= 11 is 0. The zero-order chi connectivity index (χ0) is 14.1. The molecule has 104 valence electrons. The predicted molar refractivity (Wildman–Crippen MR) is 71.0 cm³/mol. The smallest absolute Gasteiger partial charge is 0.310 e. The van der Waals surface area contributed by atoms with Crippen LogP contribution in [-0.4, -0.2) is 36.9 Å². The van der Waals surface area contributed by atoms with Gasteiger partial charge in [-0.1, -0.05) is 30.3 Å². The molecule has 1 aliphatic heterocycles. The molecule has 0 bridgehead atoms. The number of carboxylic acid groups (broad SMARTS) is 1. The van der Waals surface area contributed by atoms with Gasteiger partial charge in [0.2, 0.25) is 10.0 Å². The van der Waals surface area contributed by atoms with Crippen molar-refractivity contribution in [2.75, 3.05) is 13.1 Å². The second kappa shape index (κ2) is 4.94. The summed E-state index contributed by atoms with van der Waals surface area (Å²) in [6.45, 7) is 1.92. The number of hydrogen-bond donors (Lipinski definition) is 1. The number of hydrogen-bond acceptors (Lipinski definition) is 3. The van der Waals surface area contributed by atoms with Crippen LogP contribution in [0, 0.1) is 5.41 Å². The number of nitrogens with zero attached hydrogens (tertiary/aromatic N) is 1. The van der Waals surface area contributed by atoms with Crippen LogP contribution in [0.25, 0.3) is 0 Å². The topological polar surface area (TPSA) is 74.7 Å². The minimum Gasteiger partial charge on any atom is -0.481 e. The van der Waals surface area contributed by atoms with Crippen molar-refractivity contribution in [3.63, 3.8) is 0 Å². The number of carboxylic acids is 1. The summed E-state index contributed by atoms with van der Waals surface area (Å²) in [5.74, 6) is -1.02. The quantitative estimate of drug-likeness (QED) is 0.904. The third kappa shape index (κ3) is 2.96. The molecule has 19 heavy (non-hydrogen) atoms. The molecule has 0 saturated carbocycles. The maximum absolute atomic E-state index is 12.2. The largest absolute Gasteiger partial charge is 0.481 e. The molecule has 0 spiro atoms. The van der Waals surface area contributed by atoms with Crippen molar-refractivity contribution in [2.24, 2.45) is 5.41 Å². The van der Waals surface area contributed by atoms with Crippen LogP contribution in [0.2, 0.25) is 0 Å².